The van der Waals surface area contributed by atoms with Crippen LogP contribution in [-0.4, -0.2) is 22.2 Å². The van der Waals surface area contributed by atoms with Crippen LogP contribution in [0.4, 0.5) is 0 Å². The highest BCUT2D eigenvalue weighted by molar-refractivity contribution is 6.06. The number of hydrogen-bond donors (Lipinski definition) is 2. The molecule has 2 rings (SSSR count). The standard InChI is InChI=1S/C11H16O4/c1-3-9(4-2)10(5-6-10)11(9,7(12)13)8(14)15/h3-6H2,1-2H3,(H,12,13)(H,14,15). The summed E-state index contributed by atoms with van der Waals surface area (Å²) in [6.07, 6.45) is 2.80. The van der Waals surface area contributed by atoms with Gasteiger partial charge in [0.1, 0.15) is 0 Å². The molecule has 0 radical (unpaired) electrons. The second-order valence-corrected chi connectivity index (χ2v) is 4.73. The van der Waals surface area contributed by atoms with Crippen molar-refractivity contribution in [3.05, 3.63) is 0 Å². The lowest BCUT2D eigenvalue weighted by Gasteiger charge is -2.15. The molecule has 2 fully saturated rings. The fraction of sp³-hybridized carbons (Fsp3) is 0.818. The lowest BCUT2D eigenvalue weighted by molar-refractivity contribution is -0.160. The summed E-state index contributed by atoms with van der Waals surface area (Å²) in [7, 11) is 0. The molecule has 0 aromatic heterocycles. The summed E-state index contributed by atoms with van der Waals surface area (Å²) in [4.78, 5) is 22.7. The lowest BCUT2D eigenvalue weighted by Crippen LogP contribution is -2.32. The molecule has 2 aliphatic rings. The van der Waals surface area contributed by atoms with Crippen molar-refractivity contribution in [2.24, 2.45) is 16.2 Å². The zero-order valence-corrected chi connectivity index (χ0v) is 9.04. The summed E-state index contributed by atoms with van der Waals surface area (Å²) in [5.74, 6) is -2.28. The maximum absolute atomic E-state index is 11.3. The largest absolute Gasteiger partial charge is 0.480 e. The van der Waals surface area contributed by atoms with E-state index in [0.717, 1.165) is 12.8 Å². The summed E-state index contributed by atoms with van der Waals surface area (Å²) < 4.78 is 0. The Hall–Kier alpha value is -1.06. The van der Waals surface area contributed by atoms with Gasteiger partial charge in [-0.15, -0.1) is 0 Å². The van der Waals surface area contributed by atoms with Crippen molar-refractivity contribution in [1.29, 1.82) is 0 Å². The van der Waals surface area contributed by atoms with Gasteiger partial charge in [-0.3, -0.25) is 9.59 Å². The van der Waals surface area contributed by atoms with E-state index in [9.17, 15) is 19.8 Å². The average molecular weight is 212 g/mol. The average Bonchev–Trinajstić information content (AvgIpc) is 3.03. The monoisotopic (exact) mass is 212 g/mol. The quantitative estimate of drug-likeness (QED) is 0.696. The van der Waals surface area contributed by atoms with Crippen molar-refractivity contribution < 1.29 is 19.8 Å². The molecular formula is C11H16O4. The molecule has 0 atom stereocenters. The van der Waals surface area contributed by atoms with E-state index in [1.807, 2.05) is 13.8 Å². The summed E-state index contributed by atoms with van der Waals surface area (Å²) in [6, 6.07) is 0. The minimum atomic E-state index is -1.50. The van der Waals surface area contributed by atoms with E-state index in [-0.39, 0.29) is 0 Å². The number of aliphatic carboxylic acids is 2. The Balaban J connectivity index is 2.53. The SMILES string of the molecule is CCC1(CC)C2(CC2)C1(C(=O)O)C(=O)O. The number of carboxylic acids is 2. The molecule has 4 nitrogen and oxygen atoms in total. The van der Waals surface area contributed by atoms with Crippen molar-refractivity contribution >= 4 is 11.9 Å². The minimum Gasteiger partial charge on any atom is -0.480 e. The van der Waals surface area contributed by atoms with E-state index >= 15 is 0 Å². The Morgan fingerprint density at radius 2 is 1.47 bits per heavy atom. The minimum absolute atomic E-state index is 0.429. The molecule has 0 unspecified atom stereocenters. The highest BCUT2D eigenvalue weighted by Gasteiger charge is 2.96. The highest BCUT2D eigenvalue weighted by atomic mass is 16.4. The molecule has 0 aliphatic heterocycles. The molecule has 15 heavy (non-hydrogen) atoms. The molecule has 84 valence electrons. The van der Waals surface area contributed by atoms with Crippen molar-refractivity contribution in [2.75, 3.05) is 0 Å². The topological polar surface area (TPSA) is 74.6 Å². The lowest BCUT2D eigenvalue weighted by atomic mass is 9.88. The molecule has 0 saturated heterocycles. The third kappa shape index (κ3) is 0.703. The summed E-state index contributed by atoms with van der Waals surface area (Å²) >= 11 is 0. The van der Waals surface area contributed by atoms with Crippen LogP contribution < -0.4 is 0 Å². The Kier molecular flexibility index (Phi) is 1.77. The van der Waals surface area contributed by atoms with Gasteiger partial charge in [-0.1, -0.05) is 13.8 Å². The van der Waals surface area contributed by atoms with E-state index < -0.39 is 28.2 Å². The summed E-state index contributed by atoms with van der Waals surface area (Å²) in [5.41, 5.74) is -2.43. The number of rotatable bonds is 4. The van der Waals surface area contributed by atoms with Gasteiger partial charge in [0.25, 0.3) is 0 Å². The smallest absolute Gasteiger partial charge is 0.322 e. The van der Waals surface area contributed by atoms with Crippen LogP contribution in [0.15, 0.2) is 0 Å². The number of carbonyl (C=O) groups is 2. The molecule has 0 aromatic carbocycles. The third-order valence-corrected chi connectivity index (χ3v) is 4.89. The third-order valence-electron chi connectivity index (χ3n) is 4.89. The van der Waals surface area contributed by atoms with E-state index in [0.29, 0.717) is 12.8 Å². The molecule has 0 amide bonds. The summed E-state index contributed by atoms with van der Waals surface area (Å²) in [6.45, 7) is 3.80. The van der Waals surface area contributed by atoms with Crippen LogP contribution in [0, 0.1) is 16.2 Å². The van der Waals surface area contributed by atoms with Crippen molar-refractivity contribution in [3.8, 4) is 0 Å². The summed E-state index contributed by atoms with van der Waals surface area (Å²) in [5, 5.41) is 18.5. The highest BCUT2D eigenvalue weighted by Crippen LogP contribution is 2.92. The van der Waals surface area contributed by atoms with Gasteiger partial charge in [-0.05, 0) is 25.7 Å². The van der Waals surface area contributed by atoms with Crippen LogP contribution in [0.25, 0.3) is 0 Å². The van der Waals surface area contributed by atoms with Crippen LogP contribution in [0.2, 0.25) is 0 Å². The van der Waals surface area contributed by atoms with Gasteiger partial charge in [0.15, 0.2) is 5.41 Å². The molecule has 2 aliphatic carbocycles. The zero-order chi connectivity index (χ0) is 11.5. The molecule has 1 spiro atoms. The van der Waals surface area contributed by atoms with Gasteiger partial charge in [0.05, 0.1) is 0 Å². The fourth-order valence-electron chi connectivity index (χ4n) is 4.19. The van der Waals surface area contributed by atoms with Gasteiger partial charge in [0, 0.05) is 10.8 Å². The molecule has 2 saturated carbocycles. The van der Waals surface area contributed by atoms with Crippen molar-refractivity contribution in [3.63, 3.8) is 0 Å². The molecule has 0 bridgehead atoms. The molecule has 4 heteroatoms. The van der Waals surface area contributed by atoms with E-state index in [1.165, 1.54) is 0 Å². The van der Waals surface area contributed by atoms with Gasteiger partial charge in [0.2, 0.25) is 0 Å². The maximum atomic E-state index is 11.3. The van der Waals surface area contributed by atoms with Crippen molar-refractivity contribution in [2.45, 2.75) is 39.5 Å². The first-order valence-corrected chi connectivity index (χ1v) is 5.43. The van der Waals surface area contributed by atoms with Gasteiger partial charge in [-0.25, -0.2) is 0 Å². The first-order chi connectivity index (χ1) is 6.97. The van der Waals surface area contributed by atoms with E-state index in [1.54, 1.807) is 0 Å². The maximum Gasteiger partial charge on any atom is 0.322 e. The van der Waals surface area contributed by atoms with Crippen LogP contribution in [0.3, 0.4) is 0 Å². The molecule has 2 N–H and O–H groups in total. The van der Waals surface area contributed by atoms with Gasteiger partial charge >= 0.3 is 11.9 Å². The van der Waals surface area contributed by atoms with Gasteiger partial charge in [-0.2, -0.15) is 0 Å². The van der Waals surface area contributed by atoms with E-state index in [4.69, 9.17) is 0 Å². The molecular weight excluding hydrogens is 196 g/mol. The molecule has 0 aromatic rings. The second-order valence-electron chi connectivity index (χ2n) is 4.73. The van der Waals surface area contributed by atoms with Crippen LogP contribution in [0.1, 0.15) is 39.5 Å². The van der Waals surface area contributed by atoms with Crippen molar-refractivity contribution in [1.82, 2.24) is 0 Å². The fourth-order valence-corrected chi connectivity index (χ4v) is 4.19. The Bertz CT molecular complexity index is 322. The Morgan fingerprint density at radius 3 is 1.53 bits per heavy atom. The first kappa shape index (κ1) is 10.5. The van der Waals surface area contributed by atoms with Crippen LogP contribution in [0.5, 0.6) is 0 Å². The van der Waals surface area contributed by atoms with Crippen LogP contribution in [-0.2, 0) is 9.59 Å². The van der Waals surface area contributed by atoms with Gasteiger partial charge < -0.3 is 10.2 Å². The first-order valence-electron chi connectivity index (χ1n) is 5.43. The normalized spacial score (nSPS) is 27.3. The van der Waals surface area contributed by atoms with E-state index in [2.05, 4.69) is 0 Å². The molecule has 0 heterocycles. The Morgan fingerprint density at radius 1 is 1.07 bits per heavy atom. The van der Waals surface area contributed by atoms with Crippen LogP contribution >= 0.6 is 0 Å². The predicted octanol–water partition coefficient (Wildman–Crippen LogP) is 1.74. The number of hydrogen-bond acceptors (Lipinski definition) is 2. The Labute approximate surface area is 88.3 Å². The predicted molar refractivity (Wildman–Crippen MR) is 52.4 cm³/mol. The second kappa shape index (κ2) is 2.54. The zero-order valence-electron chi connectivity index (χ0n) is 9.04. The number of carboxylic acid groups (broad SMARTS) is 2.